The van der Waals surface area contributed by atoms with E-state index in [9.17, 15) is 13.2 Å². The molecule has 1 fully saturated rings. The monoisotopic (exact) mass is 433 g/mol. The highest BCUT2D eigenvalue weighted by Crippen LogP contribution is 2.64. The first-order chi connectivity index (χ1) is 12.4. The molecular weight excluding hydrogens is 413 g/mol. The second-order valence-corrected chi connectivity index (χ2v) is 10.6. The molecule has 0 saturated heterocycles. The van der Waals surface area contributed by atoms with E-state index in [2.05, 4.69) is 4.98 Å². The van der Waals surface area contributed by atoms with Gasteiger partial charge in [-0.15, -0.1) is 23.2 Å². The number of alkyl halides is 2. The van der Waals surface area contributed by atoms with Crippen LogP contribution in [0.25, 0.3) is 11.0 Å². The van der Waals surface area contributed by atoms with Crippen LogP contribution in [0.4, 0.5) is 0 Å². The van der Waals surface area contributed by atoms with Crippen LogP contribution in [0.3, 0.4) is 0 Å². The zero-order chi connectivity index (χ0) is 20.2. The summed E-state index contributed by atoms with van der Waals surface area (Å²) in [5.74, 6) is 0.0531. The number of aromatic nitrogens is 2. The average molecular weight is 434 g/mol. The Morgan fingerprint density at radius 1 is 1.37 bits per heavy atom. The van der Waals surface area contributed by atoms with Crippen molar-refractivity contribution in [2.75, 3.05) is 14.1 Å². The topological polar surface area (TPSA) is 81.5 Å². The predicted molar refractivity (Wildman–Crippen MR) is 103 cm³/mol. The number of esters is 1. The van der Waals surface area contributed by atoms with Crippen molar-refractivity contribution in [1.82, 2.24) is 13.9 Å². The smallest absolute Gasteiger partial charge is 0.315 e. The number of sulfonamides is 1. The van der Waals surface area contributed by atoms with Gasteiger partial charge in [-0.2, -0.15) is 0 Å². The third-order valence-electron chi connectivity index (χ3n) is 4.93. The van der Waals surface area contributed by atoms with Crippen molar-refractivity contribution >= 4 is 50.2 Å². The lowest BCUT2D eigenvalue weighted by Crippen LogP contribution is -2.22. The number of benzene rings is 1. The molecule has 1 heterocycles. The van der Waals surface area contributed by atoms with E-state index in [0.29, 0.717) is 24.3 Å². The van der Waals surface area contributed by atoms with Gasteiger partial charge in [-0.1, -0.05) is 0 Å². The first-order valence-corrected chi connectivity index (χ1v) is 10.6. The average Bonchev–Trinajstić information content (AvgIpc) is 2.96. The lowest BCUT2D eigenvalue weighted by Gasteiger charge is -2.12. The maximum atomic E-state index is 12.3. The number of rotatable bonds is 6. The molecule has 2 aromatic rings. The number of aryl methyl sites for hydroxylation is 1. The number of carbonyl (C=O) groups is 1. The maximum Gasteiger partial charge on any atom is 0.315 e. The molecule has 7 nitrogen and oxygen atoms in total. The number of carbonyl (C=O) groups excluding carboxylic acids is 1. The molecule has 1 aromatic heterocycles. The van der Waals surface area contributed by atoms with E-state index >= 15 is 0 Å². The van der Waals surface area contributed by atoms with Crippen molar-refractivity contribution < 1.29 is 17.9 Å². The van der Waals surface area contributed by atoms with E-state index in [0.717, 1.165) is 9.82 Å². The van der Waals surface area contributed by atoms with Crippen molar-refractivity contribution in [3.05, 3.63) is 24.0 Å². The standard InChI is InChI=1S/C17H21Cl2N3O4S/c1-5-22-13-7-6-11(27(24,25)21(3)4)8-12(13)20-14(22)9-26-15(23)16(2)10-17(16,18)19/h6-8H,5,9-10H2,1-4H3. The van der Waals surface area contributed by atoms with E-state index < -0.39 is 25.7 Å². The number of imidazole rings is 1. The van der Waals surface area contributed by atoms with E-state index in [1.807, 2.05) is 11.5 Å². The molecule has 0 spiro atoms. The van der Waals surface area contributed by atoms with Gasteiger partial charge in [0.15, 0.2) is 0 Å². The van der Waals surface area contributed by atoms with Crippen molar-refractivity contribution in [2.45, 2.75) is 42.6 Å². The van der Waals surface area contributed by atoms with Gasteiger partial charge in [-0.3, -0.25) is 4.79 Å². The summed E-state index contributed by atoms with van der Waals surface area (Å²) in [7, 11) is -0.612. The first kappa shape index (κ1) is 20.4. The lowest BCUT2D eigenvalue weighted by molar-refractivity contribution is -0.151. The minimum Gasteiger partial charge on any atom is -0.457 e. The van der Waals surface area contributed by atoms with Crippen LogP contribution in [-0.2, 0) is 32.7 Å². The number of hydrogen-bond donors (Lipinski definition) is 0. The van der Waals surface area contributed by atoms with Gasteiger partial charge in [0.05, 0.1) is 15.9 Å². The number of nitrogens with zero attached hydrogens (tertiary/aromatic N) is 3. The molecule has 0 bridgehead atoms. The summed E-state index contributed by atoms with van der Waals surface area (Å²) in [6, 6.07) is 4.77. The fraction of sp³-hybridized carbons (Fsp3) is 0.529. The second-order valence-electron chi connectivity index (χ2n) is 7.00. The number of hydrogen-bond acceptors (Lipinski definition) is 5. The molecule has 148 valence electrons. The molecular formula is C17H21Cl2N3O4S. The lowest BCUT2D eigenvalue weighted by atomic mass is 10.1. The molecule has 0 aliphatic heterocycles. The third-order valence-corrected chi connectivity index (χ3v) is 7.85. The van der Waals surface area contributed by atoms with E-state index in [1.165, 1.54) is 20.2 Å². The molecule has 1 unspecified atom stereocenters. The summed E-state index contributed by atoms with van der Waals surface area (Å²) >= 11 is 12.0. The minimum atomic E-state index is -3.56. The van der Waals surface area contributed by atoms with Gasteiger partial charge in [-0.25, -0.2) is 17.7 Å². The molecule has 1 aliphatic carbocycles. The SMILES string of the molecule is CCn1c(COC(=O)C2(C)CC2(Cl)Cl)nc2cc(S(=O)(=O)N(C)C)ccc21. The summed E-state index contributed by atoms with van der Waals surface area (Å²) in [5, 5.41) is 0. The minimum absolute atomic E-state index is 0.0451. The van der Waals surface area contributed by atoms with Crippen LogP contribution in [-0.4, -0.2) is 46.7 Å². The fourth-order valence-electron chi connectivity index (χ4n) is 2.90. The van der Waals surface area contributed by atoms with Crippen molar-refractivity contribution in [1.29, 1.82) is 0 Å². The van der Waals surface area contributed by atoms with Crippen LogP contribution in [0.5, 0.6) is 0 Å². The summed E-state index contributed by atoms with van der Waals surface area (Å²) in [6.07, 6.45) is 0.345. The van der Waals surface area contributed by atoms with E-state index in [-0.39, 0.29) is 11.5 Å². The van der Waals surface area contributed by atoms with Crippen LogP contribution < -0.4 is 0 Å². The van der Waals surface area contributed by atoms with Gasteiger partial charge >= 0.3 is 5.97 Å². The highest BCUT2D eigenvalue weighted by molar-refractivity contribution is 7.89. The Hall–Kier alpha value is -1.35. The van der Waals surface area contributed by atoms with Crippen LogP contribution >= 0.6 is 23.2 Å². The molecule has 0 amide bonds. The molecule has 1 atom stereocenters. The molecule has 27 heavy (non-hydrogen) atoms. The van der Waals surface area contributed by atoms with E-state index in [1.54, 1.807) is 19.1 Å². The molecule has 10 heteroatoms. The zero-order valence-electron chi connectivity index (χ0n) is 15.5. The van der Waals surface area contributed by atoms with Gasteiger partial charge in [0.1, 0.15) is 22.2 Å². The fourth-order valence-corrected chi connectivity index (χ4v) is 4.52. The highest BCUT2D eigenvalue weighted by Gasteiger charge is 2.69. The summed E-state index contributed by atoms with van der Waals surface area (Å²) in [6.45, 7) is 4.14. The zero-order valence-corrected chi connectivity index (χ0v) is 17.8. The highest BCUT2D eigenvalue weighted by atomic mass is 35.5. The Kier molecular flexibility index (Phi) is 5.00. The molecule has 0 N–H and O–H groups in total. The van der Waals surface area contributed by atoms with Crippen molar-refractivity contribution in [3.63, 3.8) is 0 Å². The summed E-state index contributed by atoms with van der Waals surface area (Å²) < 4.78 is 32.0. The number of fused-ring (bicyclic) bond motifs is 1. The maximum absolute atomic E-state index is 12.3. The second kappa shape index (κ2) is 6.62. The number of halogens is 2. The normalized spacial score (nSPS) is 21.6. The van der Waals surface area contributed by atoms with Gasteiger partial charge in [0.25, 0.3) is 0 Å². The van der Waals surface area contributed by atoms with Gasteiger partial charge in [0, 0.05) is 27.1 Å². The molecule has 1 saturated carbocycles. The Bertz CT molecular complexity index is 1020. The molecule has 3 rings (SSSR count). The predicted octanol–water partition coefficient (Wildman–Crippen LogP) is 2.93. The molecule has 1 aliphatic rings. The summed E-state index contributed by atoms with van der Waals surface area (Å²) in [5.41, 5.74) is 0.377. The Morgan fingerprint density at radius 2 is 2.00 bits per heavy atom. The van der Waals surface area contributed by atoms with Crippen LogP contribution in [0.15, 0.2) is 23.1 Å². The van der Waals surface area contributed by atoms with Crippen LogP contribution in [0, 0.1) is 5.41 Å². The Labute approximate surface area is 168 Å². The van der Waals surface area contributed by atoms with Gasteiger partial charge < -0.3 is 9.30 Å². The van der Waals surface area contributed by atoms with Crippen LogP contribution in [0.1, 0.15) is 26.1 Å². The first-order valence-electron chi connectivity index (χ1n) is 8.41. The van der Waals surface area contributed by atoms with Crippen molar-refractivity contribution in [3.8, 4) is 0 Å². The number of ether oxygens (including phenoxy) is 1. The summed E-state index contributed by atoms with van der Waals surface area (Å²) in [4.78, 5) is 16.9. The largest absolute Gasteiger partial charge is 0.457 e. The van der Waals surface area contributed by atoms with Gasteiger partial charge in [-0.05, 0) is 32.0 Å². The Balaban J connectivity index is 1.89. The van der Waals surface area contributed by atoms with E-state index in [4.69, 9.17) is 27.9 Å². The van der Waals surface area contributed by atoms with Gasteiger partial charge in [0.2, 0.25) is 10.0 Å². The quantitative estimate of drug-likeness (QED) is 0.516. The van der Waals surface area contributed by atoms with Crippen molar-refractivity contribution in [2.24, 2.45) is 5.41 Å². The molecule has 1 aromatic carbocycles. The van der Waals surface area contributed by atoms with Crippen LogP contribution in [0.2, 0.25) is 0 Å². The third kappa shape index (κ3) is 3.33. The Morgan fingerprint density at radius 3 is 2.52 bits per heavy atom. The molecule has 0 radical (unpaired) electrons.